The van der Waals surface area contributed by atoms with E-state index in [1.54, 1.807) is 0 Å². The Balaban J connectivity index is 1.84. The summed E-state index contributed by atoms with van der Waals surface area (Å²) in [7, 11) is 3.29. The molecule has 4 heteroatoms. The molecule has 19 heavy (non-hydrogen) atoms. The van der Waals surface area contributed by atoms with Gasteiger partial charge in [0.25, 0.3) is 0 Å². The minimum absolute atomic E-state index is 0.179. The molecule has 0 heterocycles. The number of carbonyl (C=O) groups is 1. The fourth-order valence-corrected chi connectivity index (χ4v) is 3.22. The van der Waals surface area contributed by atoms with E-state index in [0.717, 1.165) is 19.4 Å². The van der Waals surface area contributed by atoms with Crippen LogP contribution in [0.4, 0.5) is 0 Å². The second-order valence-electron chi connectivity index (χ2n) is 6.01. The van der Waals surface area contributed by atoms with E-state index in [4.69, 9.17) is 9.47 Å². The first-order chi connectivity index (χ1) is 9.23. The molecule has 2 aliphatic carbocycles. The van der Waals surface area contributed by atoms with Crippen molar-refractivity contribution in [1.29, 1.82) is 0 Å². The van der Waals surface area contributed by atoms with Gasteiger partial charge in [0, 0.05) is 6.61 Å². The zero-order chi connectivity index (χ0) is 13.7. The normalized spacial score (nSPS) is 23.9. The summed E-state index contributed by atoms with van der Waals surface area (Å²) in [5, 5.41) is 3.17. The van der Waals surface area contributed by atoms with Crippen LogP contribution in [0.5, 0.6) is 0 Å². The molecule has 0 spiro atoms. The summed E-state index contributed by atoms with van der Waals surface area (Å²) in [6, 6.07) is 0. The van der Waals surface area contributed by atoms with Crippen molar-refractivity contribution in [2.75, 3.05) is 27.4 Å². The Morgan fingerprint density at radius 1 is 1.21 bits per heavy atom. The van der Waals surface area contributed by atoms with E-state index in [1.165, 1.54) is 39.2 Å². The molecule has 4 nitrogen and oxygen atoms in total. The fourth-order valence-electron chi connectivity index (χ4n) is 3.22. The van der Waals surface area contributed by atoms with Gasteiger partial charge in [0.05, 0.1) is 13.7 Å². The minimum Gasteiger partial charge on any atom is -0.468 e. The van der Waals surface area contributed by atoms with Crippen LogP contribution in [0, 0.1) is 11.8 Å². The van der Waals surface area contributed by atoms with Crippen LogP contribution in [0.3, 0.4) is 0 Å². The van der Waals surface area contributed by atoms with E-state index >= 15 is 0 Å². The van der Waals surface area contributed by atoms with Gasteiger partial charge in [0.1, 0.15) is 5.54 Å². The van der Waals surface area contributed by atoms with E-state index < -0.39 is 5.54 Å². The standard InChI is InChI=1S/C15H27NO3/c1-16-15(13-8-9-13,14(17)18-2)11-19-10-12-6-4-3-5-7-12/h12-13,16H,3-11H2,1-2H3. The Kier molecular flexibility index (Phi) is 5.22. The monoisotopic (exact) mass is 269 g/mol. The van der Waals surface area contributed by atoms with Gasteiger partial charge in [-0.15, -0.1) is 0 Å². The number of rotatable bonds is 7. The van der Waals surface area contributed by atoms with Crippen LogP contribution in [-0.2, 0) is 14.3 Å². The van der Waals surface area contributed by atoms with Crippen molar-refractivity contribution in [3.05, 3.63) is 0 Å². The molecule has 0 radical (unpaired) electrons. The molecular weight excluding hydrogens is 242 g/mol. The van der Waals surface area contributed by atoms with E-state index in [2.05, 4.69) is 5.32 Å². The molecule has 0 amide bonds. The summed E-state index contributed by atoms with van der Waals surface area (Å²) < 4.78 is 10.9. The van der Waals surface area contributed by atoms with Crippen LogP contribution in [-0.4, -0.2) is 38.9 Å². The number of ether oxygens (including phenoxy) is 2. The van der Waals surface area contributed by atoms with Crippen LogP contribution in [0.25, 0.3) is 0 Å². The van der Waals surface area contributed by atoms with Gasteiger partial charge in [0.2, 0.25) is 0 Å². The third kappa shape index (κ3) is 3.48. The van der Waals surface area contributed by atoms with Crippen molar-refractivity contribution in [2.45, 2.75) is 50.5 Å². The van der Waals surface area contributed by atoms with E-state index in [-0.39, 0.29) is 5.97 Å². The average Bonchev–Trinajstić information content (AvgIpc) is 3.29. The third-order valence-corrected chi connectivity index (χ3v) is 4.68. The second kappa shape index (κ2) is 6.71. The van der Waals surface area contributed by atoms with Gasteiger partial charge in [-0.2, -0.15) is 0 Å². The van der Waals surface area contributed by atoms with Crippen molar-refractivity contribution < 1.29 is 14.3 Å². The van der Waals surface area contributed by atoms with Gasteiger partial charge >= 0.3 is 5.97 Å². The van der Waals surface area contributed by atoms with Crippen molar-refractivity contribution in [1.82, 2.24) is 5.32 Å². The largest absolute Gasteiger partial charge is 0.468 e. The molecule has 0 aromatic heterocycles. The zero-order valence-corrected chi connectivity index (χ0v) is 12.2. The summed E-state index contributed by atoms with van der Waals surface area (Å²) in [6.45, 7) is 1.23. The van der Waals surface area contributed by atoms with Crippen molar-refractivity contribution in [2.24, 2.45) is 11.8 Å². The number of esters is 1. The Hall–Kier alpha value is -0.610. The summed E-state index contributed by atoms with van der Waals surface area (Å²) in [6.07, 6.45) is 8.73. The molecule has 110 valence electrons. The molecular formula is C15H27NO3. The Bertz CT molecular complexity index is 298. The lowest BCUT2D eigenvalue weighted by Crippen LogP contribution is -2.56. The lowest BCUT2D eigenvalue weighted by atomic mass is 9.90. The maximum Gasteiger partial charge on any atom is 0.328 e. The second-order valence-corrected chi connectivity index (χ2v) is 6.01. The van der Waals surface area contributed by atoms with Gasteiger partial charge < -0.3 is 14.8 Å². The number of carbonyl (C=O) groups excluding carboxylic acids is 1. The van der Waals surface area contributed by atoms with Crippen LogP contribution in [0.15, 0.2) is 0 Å². The Labute approximate surface area is 116 Å². The molecule has 2 rings (SSSR count). The molecule has 0 aromatic carbocycles. The average molecular weight is 269 g/mol. The lowest BCUT2D eigenvalue weighted by molar-refractivity contribution is -0.153. The molecule has 1 atom stereocenters. The maximum absolute atomic E-state index is 12.1. The van der Waals surface area contributed by atoms with Gasteiger partial charge in [-0.25, -0.2) is 4.79 Å². The molecule has 2 saturated carbocycles. The van der Waals surface area contributed by atoms with E-state index in [0.29, 0.717) is 18.4 Å². The smallest absolute Gasteiger partial charge is 0.328 e. The first-order valence-corrected chi connectivity index (χ1v) is 7.58. The first-order valence-electron chi connectivity index (χ1n) is 7.58. The van der Waals surface area contributed by atoms with Crippen LogP contribution in [0.1, 0.15) is 44.9 Å². The zero-order valence-electron chi connectivity index (χ0n) is 12.2. The number of methoxy groups -OCH3 is 1. The number of nitrogens with one attached hydrogen (secondary N) is 1. The van der Waals surface area contributed by atoms with Crippen molar-refractivity contribution >= 4 is 5.97 Å². The molecule has 2 fully saturated rings. The summed E-state index contributed by atoms with van der Waals surface area (Å²) in [4.78, 5) is 12.1. The van der Waals surface area contributed by atoms with E-state index in [1.807, 2.05) is 7.05 Å². The van der Waals surface area contributed by atoms with Crippen LogP contribution >= 0.6 is 0 Å². The van der Waals surface area contributed by atoms with Gasteiger partial charge in [-0.1, -0.05) is 19.3 Å². The summed E-state index contributed by atoms with van der Waals surface area (Å²) in [5.41, 5.74) is -0.622. The fraction of sp³-hybridized carbons (Fsp3) is 0.933. The molecule has 1 unspecified atom stereocenters. The lowest BCUT2D eigenvalue weighted by Gasteiger charge is -2.31. The summed E-state index contributed by atoms with van der Waals surface area (Å²) >= 11 is 0. The molecule has 0 saturated heterocycles. The predicted molar refractivity (Wildman–Crippen MR) is 73.9 cm³/mol. The number of hydrogen-bond acceptors (Lipinski definition) is 4. The van der Waals surface area contributed by atoms with Crippen molar-refractivity contribution in [3.8, 4) is 0 Å². The Morgan fingerprint density at radius 3 is 2.42 bits per heavy atom. The predicted octanol–water partition coefficient (Wildman–Crippen LogP) is 2.12. The van der Waals surface area contributed by atoms with Gasteiger partial charge in [-0.05, 0) is 44.6 Å². The quantitative estimate of drug-likeness (QED) is 0.719. The van der Waals surface area contributed by atoms with Crippen LogP contribution in [0.2, 0.25) is 0 Å². The summed E-state index contributed by atoms with van der Waals surface area (Å²) in [5.74, 6) is 0.873. The molecule has 2 aliphatic rings. The first kappa shape index (κ1) is 14.8. The third-order valence-electron chi connectivity index (χ3n) is 4.68. The van der Waals surface area contributed by atoms with Gasteiger partial charge in [0.15, 0.2) is 0 Å². The highest BCUT2D eigenvalue weighted by Gasteiger charge is 2.51. The SMILES string of the molecule is CNC(COCC1CCCCC1)(C(=O)OC)C1CC1. The highest BCUT2D eigenvalue weighted by atomic mass is 16.5. The number of hydrogen-bond donors (Lipinski definition) is 1. The minimum atomic E-state index is -0.622. The molecule has 0 bridgehead atoms. The Morgan fingerprint density at radius 2 is 1.89 bits per heavy atom. The molecule has 0 aliphatic heterocycles. The molecule has 1 N–H and O–H groups in total. The topological polar surface area (TPSA) is 47.6 Å². The highest BCUT2D eigenvalue weighted by molar-refractivity contribution is 5.82. The van der Waals surface area contributed by atoms with Gasteiger partial charge in [-0.3, -0.25) is 0 Å². The van der Waals surface area contributed by atoms with E-state index in [9.17, 15) is 4.79 Å². The highest BCUT2D eigenvalue weighted by Crippen LogP contribution is 2.40. The van der Waals surface area contributed by atoms with Crippen LogP contribution < -0.4 is 5.32 Å². The maximum atomic E-state index is 12.1. The molecule has 0 aromatic rings. The number of likely N-dealkylation sites (N-methyl/N-ethyl adjacent to an activating group) is 1. The van der Waals surface area contributed by atoms with Crippen molar-refractivity contribution in [3.63, 3.8) is 0 Å².